The Kier molecular flexibility index (Phi) is 4.81. The van der Waals surface area contributed by atoms with E-state index in [1.54, 1.807) is 0 Å². The van der Waals surface area contributed by atoms with Crippen LogP contribution in [0.4, 0.5) is 0 Å². The Labute approximate surface area is 145 Å². The lowest BCUT2D eigenvalue weighted by Gasteiger charge is -2.18. The van der Waals surface area contributed by atoms with Crippen LogP contribution in [-0.4, -0.2) is 20.3 Å². The largest absolute Gasteiger partial charge is 0.264 e. The molecular weight excluding hydrogens is 320 g/mol. The van der Waals surface area contributed by atoms with Crippen molar-refractivity contribution in [3.8, 4) is 0 Å². The molecule has 1 N–H and O–H groups in total. The van der Waals surface area contributed by atoms with Crippen molar-refractivity contribution in [3.63, 3.8) is 0 Å². The number of aliphatic imine (C=N–C) groups is 1. The van der Waals surface area contributed by atoms with Gasteiger partial charge in [-0.2, -0.15) is 0 Å². The predicted octanol–water partition coefficient (Wildman–Crippen LogP) is 4.21. The minimum Gasteiger partial charge on any atom is -0.264 e. The van der Waals surface area contributed by atoms with Crippen molar-refractivity contribution in [2.24, 2.45) is 4.99 Å². The average Bonchev–Trinajstić information content (AvgIpc) is 2.77. The number of amidine groups is 1. The number of nitrogens with zero attached hydrogens (tertiary/aromatic N) is 1. The van der Waals surface area contributed by atoms with Crippen molar-refractivity contribution in [1.82, 2.24) is 4.72 Å². The molecular formula is C19H26N2O2S. The van der Waals surface area contributed by atoms with E-state index in [1.165, 1.54) is 24.8 Å². The van der Waals surface area contributed by atoms with E-state index in [4.69, 9.17) is 4.99 Å². The molecule has 0 amide bonds. The number of nitrogens with one attached hydrogen (secondary N) is 1. The van der Waals surface area contributed by atoms with Gasteiger partial charge in [0, 0.05) is 5.57 Å². The fraction of sp³-hybridized carbons (Fsp3) is 0.526. The molecule has 3 rings (SSSR count). The zero-order valence-electron chi connectivity index (χ0n) is 14.7. The Morgan fingerprint density at radius 1 is 1.08 bits per heavy atom. The molecule has 24 heavy (non-hydrogen) atoms. The van der Waals surface area contributed by atoms with Gasteiger partial charge in [-0.25, -0.2) is 8.42 Å². The van der Waals surface area contributed by atoms with Crippen LogP contribution in [0, 0.1) is 0 Å². The second kappa shape index (κ2) is 6.71. The van der Waals surface area contributed by atoms with Gasteiger partial charge < -0.3 is 0 Å². The third-order valence-electron chi connectivity index (χ3n) is 4.92. The van der Waals surface area contributed by atoms with Crippen LogP contribution in [0.25, 0.3) is 4.91 Å². The predicted molar refractivity (Wildman–Crippen MR) is 99.5 cm³/mol. The molecule has 0 unspecified atom stereocenters. The molecule has 0 radical (unpaired) electrons. The molecule has 0 spiro atoms. The minimum atomic E-state index is -3.52. The summed E-state index contributed by atoms with van der Waals surface area (Å²) in [7, 11) is -3.52. The second-order valence-corrected chi connectivity index (χ2v) is 8.73. The fourth-order valence-corrected chi connectivity index (χ4v) is 4.98. The summed E-state index contributed by atoms with van der Waals surface area (Å²) in [4.78, 5) is 5.07. The van der Waals surface area contributed by atoms with E-state index in [2.05, 4.69) is 18.6 Å². The summed E-state index contributed by atoms with van der Waals surface area (Å²) < 4.78 is 27.8. The summed E-state index contributed by atoms with van der Waals surface area (Å²) in [5.41, 5.74) is 2.67. The Hall–Kier alpha value is -1.62. The van der Waals surface area contributed by atoms with E-state index in [0.717, 1.165) is 24.0 Å². The van der Waals surface area contributed by atoms with Gasteiger partial charge in [-0.05, 0) is 36.8 Å². The third-order valence-corrected chi connectivity index (χ3v) is 6.46. The Morgan fingerprint density at radius 3 is 2.29 bits per heavy atom. The SMILES string of the molecule is CC1=C(c2ccc(C(C)C)cc2)S(=O)(=O)NC1=NC1CCCCC1. The lowest BCUT2D eigenvalue weighted by atomic mass is 9.96. The summed E-state index contributed by atoms with van der Waals surface area (Å²) in [6.07, 6.45) is 5.73. The van der Waals surface area contributed by atoms with Crippen molar-refractivity contribution in [3.05, 3.63) is 41.0 Å². The van der Waals surface area contributed by atoms with Gasteiger partial charge in [-0.15, -0.1) is 0 Å². The highest BCUT2D eigenvalue weighted by atomic mass is 32.2. The maximum absolute atomic E-state index is 12.6. The molecule has 1 aliphatic heterocycles. The van der Waals surface area contributed by atoms with E-state index >= 15 is 0 Å². The van der Waals surface area contributed by atoms with Crippen molar-refractivity contribution in [1.29, 1.82) is 0 Å². The standard InChI is InChI=1S/C19H26N2O2S/c1-13(2)15-9-11-16(12-10-15)18-14(3)19(21-24(18,22)23)20-17-7-5-4-6-8-17/h9-13,17H,4-8H2,1-3H3,(H,20,21). The quantitative estimate of drug-likeness (QED) is 0.891. The van der Waals surface area contributed by atoms with Crippen molar-refractivity contribution < 1.29 is 8.42 Å². The molecule has 130 valence electrons. The fourth-order valence-electron chi connectivity index (χ4n) is 3.47. The Bertz CT molecular complexity index is 768. The molecule has 4 nitrogen and oxygen atoms in total. The number of sulfonamides is 1. The van der Waals surface area contributed by atoms with Gasteiger partial charge in [0.2, 0.25) is 0 Å². The van der Waals surface area contributed by atoms with E-state index < -0.39 is 10.0 Å². The number of benzene rings is 1. The van der Waals surface area contributed by atoms with Crippen LogP contribution in [0.2, 0.25) is 0 Å². The molecule has 5 heteroatoms. The highest BCUT2D eigenvalue weighted by Gasteiger charge is 2.33. The van der Waals surface area contributed by atoms with Crippen LogP contribution in [0.3, 0.4) is 0 Å². The van der Waals surface area contributed by atoms with Gasteiger partial charge in [-0.3, -0.25) is 9.71 Å². The van der Waals surface area contributed by atoms with Gasteiger partial charge in [0.1, 0.15) is 10.7 Å². The summed E-state index contributed by atoms with van der Waals surface area (Å²) >= 11 is 0. The molecule has 2 aliphatic rings. The number of hydrogen-bond acceptors (Lipinski definition) is 3. The molecule has 1 saturated carbocycles. The normalized spacial score (nSPS) is 23.1. The first-order valence-electron chi connectivity index (χ1n) is 8.80. The summed E-state index contributed by atoms with van der Waals surface area (Å²) in [5.74, 6) is 0.959. The lowest BCUT2D eigenvalue weighted by molar-refractivity contribution is 0.443. The van der Waals surface area contributed by atoms with Crippen molar-refractivity contribution in [2.45, 2.75) is 64.8 Å². The van der Waals surface area contributed by atoms with Crippen LogP contribution in [-0.2, 0) is 10.0 Å². The number of rotatable bonds is 3. The highest BCUT2D eigenvalue weighted by molar-refractivity contribution is 8.00. The molecule has 0 saturated heterocycles. The third kappa shape index (κ3) is 3.41. The van der Waals surface area contributed by atoms with Crippen LogP contribution < -0.4 is 4.72 Å². The summed E-state index contributed by atoms with van der Waals surface area (Å²) in [5, 5.41) is 0. The topological polar surface area (TPSA) is 58.5 Å². The first kappa shape index (κ1) is 17.2. The van der Waals surface area contributed by atoms with Crippen LogP contribution in [0.5, 0.6) is 0 Å². The molecule has 1 aliphatic carbocycles. The van der Waals surface area contributed by atoms with Gasteiger partial charge in [0.05, 0.1) is 6.04 Å². The van der Waals surface area contributed by atoms with Gasteiger partial charge in [0.25, 0.3) is 10.0 Å². The smallest absolute Gasteiger partial charge is 0.264 e. The molecule has 1 heterocycles. The van der Waals surface area contributed by atoms with Crippen molar-refractivity contribution >= 4 is 20.8 Å². The summed E-state index contributed by atoms with van der Waals surface area (Å²) in [6, 6.07) is 8.06. The first-order valence-corrected chi connectivity index (χ1v) is 10.3. The molecule has 1 aromatic carbocycles. The van der Waals surface area contributed by atoms with Crippen molar-refractivity contribution in [2.75, 3.05) is 0 Å². The van der Waals surface area contributed by atoms with E-state index in [1.807, 2.05) is 31.2 Å². The second-order valence-electron chi connectivity index (χ2n) is 7.11. The van der Waals surface area contributed by atoms with E-state index in [9.17, 15) is 8.42 Å². The zero-order valence-corrected chi connectivity index (χ0v) is 15.5. The minimum absolute atomic E-state index is 0.245. The first-order chi connectivity index (χ1) is 11.4. The lowest BCUT2D eigenvalue weighted by Crippen LogP contribution is -2.26. The maximum Gasteiger partial charge on any atom is 0.264 e. The zero-order chi connectivity index (χ0) is 17.3. The summed E-state index contributed by atoms with van der Waals surface area (Å²) in [6.45, 7) is 6.11. The van der Waals surface area contributed by atoms with Gasteiger partial charge >= 0.3 is 0 Å². The van der Waals surface area contributed by atoms with E-state index in [-0.39, 0.29) is 6.04 Å². The van der Waals surface area contributed by atoms with Crippen LogP contribution >= 0.6 is 0 Å². The molecule has 0 bridgehead atoms. The Morgan fingerprint density at radius 2 is 1.71 bits per heavy atom. The average molecular weight is 346 g/mol. The van der Waals surface area contributed by atoms with Gasteiger partial charge in [0.15, 0.2) is 0 Å². The van der Waals surface area contributed by atoms with Gasteiger partial charge in [-0.1, -0.05) is 57.4 Å². The van der Waals surface area contributed by atoms with E-state index in [0.29, 0.717) is 16.7 Å². The Balaban J connectivity index is 1.96. The molecule has 1 fully saturated rings. The highest BCUT2D eigenvalue weighted by Crippen LogP contribution is 2.31. The number of hydrogen-bond donors (Lipinski definition) is 1. The monoisotopic (exact) mass is 346 g/mol. The van der Waals surface area contributed by atoms with Crippen LogP contribution in [0.1, 0.15) is 69.9 Å². The molecule has 0 aromatic heterocycles. The maximum atomic E-state index is 12.6. The molecule has 1 aromatic rings. The van der Waals surface area contributed by atoms with Crippen LogP contribution in [0.15, 0.2) is 34.8 Å². The molecule has 0 atom stereocenters.